The SMILES string of the molecule is CCNC(=NCc1nc(-c2ccco2)n[nH]1)NCCOc1ccccc1.I. The highest BCUT2D eigenvalue weighted by molar-refractivity contribution is 14.0. The van der Waals surface area contributed by atoms with Gasteiger partial charge in [-0.3, -0.25) is 5.10 Å². The molecule has 3 aromatic rings. The van der Waals surface area contributed by atoms with Crippen LogP contribution in [-0.4, -0.2) is 40.8 Å². The lowest BCUT2D eigenvalue weighted by molar-refractivity contribution is 0.322. The van der Waals surface area contributed by atoms with Crippen molar-refractivity contribution in [2.75, 3.05) is 19.7 Å². The molecule has 0 bridgehead atoms. The summed E-state index contributed by atoms with van der Waals surface area (Å²) < 4.78 is 10.9. The number of benzene rings is 1. The Labute approximate surface area is 174 Å². The van der Waals surface area contributed by atoms with Gasteiger partial charge in [0.05, 0.1) is 12.8 Å². The van der Waals surface area contributed by atoms with E-state index in [0.717, 1.165) is 12.3 Å². The van der Waals surface area contributed by atoms with Crippen LogP contribution in [0, 0.1) is 0 Å². The summed E-state index contributed by atoms with van der Waals surface area (Å²) in [6.45, 7) is 4.33. The third-order valence-electron chi connectivity index (χ3n) is 3.41. The number of H-pyrrole nitrogens is 1. The summed E-state index contributed by atoms with van der Waals surface area (Å²) in [6, 6.07) is 13.3. The second kappa shape index (κ2) is 11.2. The zero-order chi connectivity index (χ0) is 18.0. The minimum atomic E-state index is 0. The summed E-state index contributed by atoms with van der Waals surface area (Å²) in [5, 5.41) is 13.4. The topological polar surface area (TPSA) is 100 Å². The smallest absolute Gasteiger partial charge is 0.216 e. The first-order valence-corrected chi connectivity index (χ1v) is 8.50. The number of ether oxygens (including phenoxy) is 1. The molecule has 1 aromatic carbocycles. The molecule has 9 heteroatoms. The van der Waals surface area contributed by atoms with Crippen molar-refractivity contribution in [2.24, 2.45) is 4.99 Å². The van der Waals surface area contributed by atoms with Gasteiger partial charge in [-0.1, -0.05) is 18.2 Å². The van der Waals surface area contributed by atoms with Gasteiger partial charge in [0.25, 0.3) is 0 Å². The molecule has 0 unspecified atom stereocenters. The summed E-state index contributed by atoms with van der Waals surface area (Å²) in [5.41, 5.74) is 0. The van der Waals surface area contributed by atoms with Crippen molar-refractivity contribution >= 4 is 29.9 Å². The van der Waals surface area contributed by atoms with Gasteiger partial charge < -0.3 is 19.8 Å². The van der Waals surface area contributed by atoms with E-state index in [-0.39, 0.29) is 24.0 Å². The predicted octanol–water partition coefficient (Wildman–Crippen LogP) is 2.82. The molecular formula is C18H23IN6O2. The Kier molecular flexibility index (Phi) is 8.62. The van der Waals surface area contributed by atoms with Crippen molar-refractivity contribution in [2.45, 2.75) is 13.5 Å². The molecule has 3 rings (SSSR count). The Morgan fingerprint density at radius 2 is 2.04 bits per heavy atom. The Bertz CT molecular complexity index is 804. The molecule has 144 valence electrons. The molecule has 0 aliphatic carbocycles. The first-order valence-electron chi connectivity index (χ1n) is 8.50. The molecule has 0 saturated heterocycles. The molecule has 27 heavy (non-hydrogen) atoms. The molecule has 8 nitrogen and oxygen atoms in total. The van der Waals surface area contributed by atoms with Gasteiger partial charge in [-0.05, 0) is 31.2 Å². The predicted molar refractivity (Wildman–Crippen MR) is 114 cm³/mol. The van der Waals surface area contributed by atoms with E-state index in [1.54, 1.807) is 12.3 Å². The second-order valence-corrected chi connectivity index (χ2v) is 5.37. The largest absolute Gasteiger partial charge is 0.492 e. The van der Waals surface area contributed by atoms with E-state index >= 15 is 0 Å². The number of hydrogen-bond acceptors (Lipinski definition) is 5. The standard InChI is InChI=1S/C18H22N6O2.HI/c1-2-19-18(20-10-12-25-14-7-4-3-5-8-14)21-13-16-22-17(24-23-16)15-9-6-11-26-15;/h3-9,11H,2,10,12-13H2,1H3,(H2,19,20,21)(H,22,23,24);1H. The van der Waals surface area contributed by atoms with Crippen LogP contribution >= 0.6 is 24.0 Å². The van der Waals surface area contributed by atoms with Gasteiger partial charge >= 0.3 is 0 Å². The zero-order valence-electron chi connectivity index (χ0n) is 15.0. The van der Waals surface area contributed by atoms with Crippen LogP contribution in [0.1, 0.15) is 12.7 Å². The van der Waals surface area contributed by atoms with Crippen LogP contribution in [0.4, 0.5) is 0 Å². The van der Waals surface area contributed by atoms with Crippen LogP contribution in [0.3, 0.4) is 0 Å². The van der Waals surface area contributed by atoms with Crippen molar-refractivity contribution < 1.29 is 9.15 Å². The van der Waals surface area contributed by atoms with E-state index < -0.39 is 0 Å². The van der Waals surface area contributed by atoms with Crippen LogP contribution in [-0.2, 0) is 6.54 Å². The first-order chi connectivity index (χ1) is 12.8. The fraction of sp³-hybridized carbons (Fsp3) is 0.278. The third kappa shape index (κ3) is 6.59. The van der Waals surface area contributed by atoms with Crippen molar-refractivity contribution in [1.82, 2.24) is 25.8 Å². The number of halogens is 1. The molecule has 0 fully saturated rings. The van der Waals surface area contributed by atoms with E-state index in [1.807, 2.05) is 43.3 Å². The maximum Gasteiger partial charge on any atom is 0.216 e. The van der Waals surface area contributed by atoms with Gasteiger partial charge in [-0.2, -0.15) is 0 Å². The highest BCUT2D eigenvalue weighted by atomic mass is 127. The van der Waals surface area contributed by atoms with E-state index in [4.69, 9.17) is 9.15 Å². The molecule has 0 atom stereocenters. The monoisotopic (exact) mass is 482 g/mol. The number of guanidine groups is 1. The van der Waals surface area contributed by atoms with Gasteiger partial charge in [0.2, 0.25) is 5.82 Å². The number of para-hydroxylation sites is 1. The highest BCUT2D eigenvalue weighted by Gasteiger charge is 2.08. The van der Waals surface area contributed by atoms with Crippen molar-refractivity contribution in [3.05, 3.63) is 54.6 Å². The quantitative estimate of drug-likeness (QED) is 0.198. The van der Waals surface area contributed by atoms with Crippen LogP contribution in [0.2, 0.25) is 0 Å². The van der Waals surface area contributed by atoms with Crippen LogP contribution < -0.4 is 15.4 Å². The average molecular weight is 482 g/mol. The molecule has 0 aliphatic rings. The Balaban J connectivity index is 0.00000261. The fourth-order valence-electron chi connectivity index (χ4n) is 2.23. The van der Waals surface area contributed by atoms with Gasteiger partial charge in [0, 0.05) is 6.54 Å². The summed E-state index contributed by atoms with van der Waals surface area (Å²) in [4.78, 5) is 8.87. The molecule has 0 spiro atoms. The third-order valence-corrected chi connectivity index (χ3v) is 3.41. The molecule has 2 aromatic heterocycles. The molecule has 0 radical (unpaired) electrons. The first kappa shape index (κ1) is 20.7. The minimum absolute atomic E-state index is 0. The number of aromatic nitrogens is 3. The summed E-state index contributed by atoms with van der Waals surface area (Å²) >= 11 is 0. The normalized spacial score (nSPS) is 10.9. The van der Waals surface area contributed by atoms with Crippen LogP contribution in [0.25, 0.3) is 11.6 Å². The van der Waals surface area contributed by atoms with Gasteiger partial charge in [-0.15, -0.1) is 29.1 Å². The maximum atomic E-state index is 5.66. The highest BCUT2D eigenvalue weighted by Crippen LogP contribution is 2.14. The second-order valence-electron chi connectivity index (χ2n) is 5.37. The Morgan fingerprint density at radius 3 is 2.78 bits per heavy atom. The lowest BCUT2D eigenvalue weighted by Crippen LogP contribution is -2.39. The number of aliphatic imine (C=N–C) groups is 1. The molecular weight excluding hydrogens is 459 g/mol. The average Bonchev–Trinajstić information content (AvgIpc) is 3.35. The number of hydrogen-bond donors (Lipinski definition) is 3. The van der Waals surface area contributed by atoms with Crippen LogP contribution in [0.5, 0.6) is 5.75 Å². The van der Waals surface area contributed by atoms with Gasteiger partial charge in [0.15, 0.2) is 11.7 Å². The summed E-state index contributed by atoms with van der Waals surface area (Å²) in [5.74, 6) is 3.35. The zero-order valence-corrected chi connectivity index (χ0v) is 17.3. The lowest BCUT2D eigenvalue weighted by Gasteiger charge is -2.11. The maximum absolute atomic E-state index is 5.66. The number of rotatable bonds is 8. The van der Waals surface area contributed by atoms with Gasteiger partial charge in [-0.25, -0.2) is 9.98 Å². The fourth-order valence-corrected chi connectivity index (χ4v) is 2.23. The number of furan rings is 1. The van der Waals surface area contributed by atoms with E-state index in [9.17, 15) is 0 Å². The van der Waals surface area contributed by atoms with Crippen molar-refractivity contribution in [3.63, 3.8) is 0 Å². The Hall–Kier alpha value is -2.56. The number of nitrogens with zero attached hydrogens (tertiary/aromatic N) is 3. The number of aromatic amines is 1. The Morgan fingerprint density at radius 1 is 1.19 bits per heavy atom. The molecule has 3 N–H and O–H groups in total. The van der Waals surface area contributed by atoms with Crippen LogP contribution in [0.15, 0.2) is 58.1 Å². The molecule has 0 saturated carbocycles. The molecule has 0 amide bonds. The van der Waals surface area contributed by atoms with E-state index in [1.165, 1.54) is 0 Å². The molecule has 0 aliphatic heterocycles. The van der Waals surface area contributed by atoms with E-state index in [2.05, 4.69) is 30.8 Å². The van der Waals surface area contributed by atoms with E-state index in [0.29, 0.717) is 43.1 Å². The molecule has 2 heterocycles. The number of nitrogens with one attached hydrogen (secondary N) is 3. The summed E-state index contributed by atoms with van der Waals surface area (Å²) in [6.07, 6.45) is 1.59. The lowest BCUT2D eigenvalue weighted by atomic mass is 10.3. The summed E-state index contributed by atoms with van der Waals surface area (Å²) in [7, 11) is 0. The van der Waals surface area contributed by atoms with Gasteiger partial charge in [0.1, 0.15) is 24.7 Å². The minimum Gasteiger partial charge on any atom is -0.492 e. The van der Waals surface area contributed by atoms with Crippen molar-refractivity contribution in [1.29, 1.82) is 0 Å². The van der Waals surface area contributed by atoms with Crippen molar-refractivity contribution in [3.8, 4) is 17.3 Å².